The van der Waals surface area contributed by atoms with Crippen molar-refractivity contribution in [2.75, 3.05) is 21.3 Å². The second kappa shape index (κ2) is 6.91. The van der Waals surface area contributed by atoms with Crippen LogP contribution in [0.15, 0.2) is 12.1 Å². The molecule has 0 bridgehead atoms. The highest BCUT2D eigenvalue weighted by Gasteiger charge is 2.32. The number of methoxy groups -OCH3 is 3. The first-order valence-corrected chi connectivity index (χ1v) is 5.80. The molecule has 0 aliphatic rings. The van der Waals surface area contributed by atoms with E-state index in [1.54, 1.807) is 0 Å². The molecule has 0 aliphatic heterocycles. The van der Waals surface area contributed by atoms with E-state index in [2.05, 4.69) is 4.74 Å². The Bertz CT molecular complexity index is 514. The lowest BCUT2D eigenvalue weighted by atomic mass is 9.99. The predicted molar refractivity (Wildman–Crippen MR) is 69.5 cm³/mol. The molecule has 1 rings (SSSR count). The fourth-order valence-corrected chi connectivity index (χ4v) is 1.76. The van der Waals surface area contributed by atoms with Crippen LogP contribution in [0.4, 0.5) is 0 Å². The monoisotopic (exact) mass is 300 g/mol. The quantitative estimate of drug-likeness (QED) is 0.626. The maximum atomic E-state index is 11.3. The zero-order valence-electron chi connectivity index (χ0n) is 11.7. The molecule has 2 unspecified atom stereocenters. The van der Waals surface area contributed by atoms with E-state index < -0.39 is 24.1 Å². The molecule has 0 aromatic heterocycles. The summed E-state index contributed by atoms with van der Waals surface area (Å²) in [5, 5.41) is 28.8. The first-order chi connectivity index (χ1) is 9.87. The summed E-state index contributed by atoms with van der Waals surface area (Å²) < 4.78 is 14.3. The van der Waals surface area contributed by atoms with Crippen LogP contribution in [-0.4, -0.2) is 54.7 Å². The second-order valence-corrected chi connectivity index (χ2v) is 4.01. The topological polar surface area (TPSA) is 123 Å². The molecule has 0 spiro atoms. The van der Waals surface area contributed by atoms with Crippen LogP contribution in [-0.2, 0) is 9.53 Å². The van der Waals surface area contributed by atoms with Gasteiger partial charge in [0.25, 0.3) is 0 Å². The van der Waals surface area contributed by atoms with E-state index in [0.717, 1.165) is 19.2 Å². The molecule has 0 heterocycles. The maximum absolute atomic E-state index is 11.3. The molecule has 2 atom stereocenters. The predicted octanol–water partition coefficient (Wildman–Crippen LogP) is -0.0307. The summed E-state index contributed by atoms with van der Waals surface area (Å²) in [6.07, 6.45) is -3.57. The normalized spacial score (nSPS) is 13.2. The summed E-state index contributed by atoms with van der Waals surface area (Å²) in [6, 6.07) is 2.29. The number of hydrogen-bond acceptors (Lipinski definition) is 7. The molecular weight excluding hydrogens is 284 g/mol. The Labute approximate surface area is 120 Å². The van der Waals surface area contributed by atoms with Crippen LogP contribution in [0.25, 0.3) is 0 Å². The minimum Gasteiger partial charge on any atom is -0.496 e. The van der Waals surface area contributed by atoms with E-state index in [1.165, 1.54) is 14.2 Å². The third-order valence-corrected chi connectivity index (χ3v) is 2.83. The Morgan fingerprint density at radius 1 is 1.05 bits per heavy atom. The molecule has 0 radical (unpaired) electrons. The summed E-state index contributed by atoms with van der Waals surface area (Å²) in [5.74, 6) is -2.35. The van der Waals surface area contributed by atoms with E-state index in [1.807, 2.05) is 0 Å². The number of hydrogen-bond donors (Lipinski definition) is 3. The van der Waals surface area contributed by atoms with Crippen molar-refractivity contribution < 1.29 is 39.1 Å². The van der Waals surface area contributed by atoms with Crippen molar-refractivity contribution in [1.82, 2.24) is 0 Å². The number of aromatic carboxylic acids is 1. The van der Waals surface area contributed by atoms with Crippen LogP contribution in [0, 0.1) is 0 Å². The molecular formula is C13H16O8. The van der Waals surface area contributed by atoms with Gasteiger partial charge in [-0.15, -0.1) is 0 Å². The average molecular weight is 300 g/mol. The highest BCUT2D eigenvalue weighted by atomic mass is 16.5. The minimum absolute atomic E-state index is 0.0396. The van der Waals surface area contributed by atoms with E-state index in [0.29, 0.717) is 0 Å². The van der Waals surface area contributed by atoms with Crippen LogP contribution in [0.2, 0.25) is 0 Å². The molecule has 8 nitrogen and oxygen atoms in total. The Morgan fingerprint density at radius 3 is 1.86 bits per heavy atom. The van der Waals surface area contributed by atoms with Gasteiger partial charge in [0.15, 0.2) is 6.10 Å². The van der Waals surface area contributed by atoms with Gasteiger partial charge < -0.3 is 29.5 Å². The average Bonchev–Trinajstić information content (AvgIpc) is 2.50. The Hall–Kier alpha value is -2.32. The summed E-state index contributed by atoms with van der Waals surface area (Å²) in [5.41, 5.74) is -0.185. The molecule has 1 aromatic rings. The van der Waals surface area contributed by atoms with Crippen molar-refractivity contribution in [3.8, 4) is 11.5 Å². The number of carboxylic acid groups (broad SMARTS) is 1. The Morgan fingerprint density at radius 2 is 1.52 bits per heavy atom. The third kappa shape index (κ3) is 3.41. The Kier molecular flexibility index (Phi) is 5.51. The van der Waals surface area contributed by atoms with Gasteiger partial charge in [-0.25, -0.2) is 9.59 Å². The number of carbonyl (C=O) groups excluding carboxylic acids is 1. The highest BCUT2D eigenvalue weighted by molar-refractivity contribution is 5.89. The molecule has 0 fully saturated rings. The van der Waals surface area contributed by atoms with Crippen molar-refractivity contribution in [2.45, 2.75) is 12.2 Å². The van der Waals surface area contributed by atoms with E-state index in [4.69, 9.17) is 14.6 Å². The van der Waals surface area contributed by atoms with Gasteiger partial charge in [-0.1, -0.05) is 0 Å². The lowest BCUT2D eigenvalue weighted by Crippen LogP contribution is -2.29. The highest BCUT2D eigenvalue weighted by Crippen LogP contribution is 2.37. The number of benzene rings is 1. The van der Waals surface area contributed by atoms with Crippen molar-refractivity contribution in [3.05, 3.63) is 23.3 Å². The van der Waals surface area contributed by atoms with Crippen molar-refractivity contribution in [3.63, 3.8) is 0 Å². The number of aliphatic hydroxyl groups is 2. The first kappa shape index (κ1) is 16.7. The minimum atomic E-state index is -1.87. The van der Waals surface area contributed by atoms with Gasteiger partial charge in [0.1, 0.15) is 17.6 Å². The van der Waals surface area contributed by atoms with Gasteiger partial charge in [0.2, 0.25) is 0 Å². The Balaban J connectivity index is 3.39. The number of esters is 1. The van der Waals surface area contributed by atoms with Gasteiger partial charge in [-0.05, 0) is 12.1 Å². The third-order valence-electron chi connectivity index (χ3n) is 2.83. The van der Waals surface area contributed by atoms with Crippen molar-refractivity contribution >= 4 is 11.9 Å². The van der Waals surface area contributed by atoms with Gasteiger partial charge in [0, 0.05) is 0 Å². The number of ether oxygens (including phenoxy) is 3. The SMILES string of the molecule is COC(=O)C(O)C(O)c1c(OC)cc(C(=O)O)cc1OC. The van der Waals surface area contributed by atoms with Gasteiger partial charge in [-0.3, -0.25) is 0 Å². The summed E-state index contributed by atoms with van der Waals surface area (Å²) >= 11 is 0. The molecule has 8 heteroatoms. The lowest BCUT2D eigenvalue weighted by Gasteiger charge is -2.21. The fourth-order valence-electron chi connectivity index (χ4n) is 1.76. The molecule has 0 aliphatic carbocycles. The smallest absolute Gasteiger partial charge is 0.337 e. The first-order valence-electron chi connectivity index (χ1n) is 5.80. The molecule has 0 amide bonds. The van der Waals surface area contributed by atoms with E-state index in [9.17, 15) is 19.8 Å². The van der Waals surface area contributed by atoms with Gasteiger partial charge >= 0.3 is 11.9 Å². The summed E-state index contributed by atoms with van der Waals surface area (Å²) in [4.78, 5) is 22.3. The summed E-state index contributed by atoms with van der Waals surface area (Å²) in [6.45, 7) is 0. The zero-order chi connectivity index (χ0) is 16.2. The zero-order valence-corrected chi connectivity index (χ0v) is 11.7. The molecule has 3 N–H and O–H groups in total. The number of carbonyl (C=O) groups is 2. The molecule has 0 saturated carbocycles. The van der Waals surface area contributed by atoms with Crippen molar-refractivity contribution in [2.24, 2.45) is 0 Å². The molecule has 116 valence electrons. The number of rotatable bonds is 6. The van der Waals surface area contributed by atoms with Gasteiger partial charge in [-0.2, -0.15) is 0 Å². The molecule has 1 aromatic carbocycles. The molecule has 21 heavy (non-hydrogen) atoms. The van der Waals surface area contributed by atoms with Gasteiger partial charge in [0.05, 0.1) is 32.5 Å². The largest absolute Gasteiger partial charge is 0.496 e. The van der Waals surface area contributed by atoms with E-state index >= 15 is 0 Å². The second-order valence-electron chi connectivity index (χ2n) is 4.01. The molecule has 0 saturated heterocycles. The summed E-state index contributed by atoms with van der Waals surface area (Å²) in [7, 11) is 3.56. The van der Waals surface area contributed by atoms with Crippen LogP contribution in [0.5, 0.6) is 11.5 Å². The van der Waals surface area contributed by atoms with Crippen LogP contribution < -0.4 is 9.47 Å². The van der Waals surface area contributed by atoms with Crippen LogP contribution in [0.3, 0.4) is 0 Å². The maximum Gasteiger partial charge on any atom is 0.337 e. The fraction of sp³-hybridized carbons (Fsp3) is 0.385. The van der Waals surface area contributed by atoms with Crippen LogP contribution in [0.1, 0.15) is 22.0 Å². The number of aliphatic hydroxyl groups excluding tert-OH is 2. The standard InChI is InChI=1S/C13H16O8/c1-19-7-4-6(12(16)17)5-8(20-2)9(7)10(14)11(15)13(18)21-3/h4-5,10-11,14-15H,1-3H3,(H,16,17). The van der Waals surface area contributed by atoms with E-state index in [-0.39, 0.29) is 22.6 Å². The number of carboxylic acids is 1. The van der Waals surface area contributed by atoms with Crippen molar-refractivity contribution in [1.29, 1.82) is 0 Å². The lowest BCUT2D eigenvalue weighted by molar-refractivity contribution is -0.156. The van der Waals surface area contributed by atoms with Crippen LogP contribution >= 0.6 is 0 Å².